The highest BCUT2D eigenvalue weighted by Gasteiger charge is 2.06. The molecule has 5 heteroatoms. The lowest BCUT2D eigenvalue weighted by molar-refractivity contribution is -0.131. The molecule has 0 aliphatic carbocycles. The van der Waals surface area contributed by atoms with Gasteiger partial charge in [-0.05, 0) is 18.2 Å². The van der Waals surface area contributed by atoms with Crippen molar-refractivity contribution < 1.29 is 9.53 Å². The maximum atomic E-state index is 10.8. The standard InChI is InChI=1S/C8H5Cl3O2/c9-4-8(12)13-7-2-1-5(10)3-6(7)11/h1-3H,4H2. The number of rotatable bonds is 2. The van der Waals surface area contributed by atoms with Gasteiger partial charge in [-0.15, -0.1) is 11.6 Å². The van der Waals surface area contributed by atoms with Crippen molar-refractivity contribution in [1.29, 1.82) is 0 Å². The van der Waals surface area contributed by atoms with Crippen LogP contribution in [0.25, 0.3) is 0 Å². The lowest BCUT2D eigenvalue weighted by Gasteiger charge is -2.03. The maximum Gasteiger partial charge on any atom is 0.326 e. The molecule has 0 unspecified atom stereocenters. The normalized spacial score (nSPS) is 9.77. The fourth-order valence-corrected chi connectivity index (χ4v) is 1.21. The van der Waals surface area contributed by atoms with Crippen LogP contribution in [-0.2, 0) is 4.79 Å². The first-order chi connectivity index (χ1) is 6.13. The molecule has 0 atom stereocenters. The van der Waals surface area contributed by atoms with E-state index >= 15 is 0 Å². The molecule has 0 amide bonds. The van der Waals surface area contributed by atoms with Gasteiger partial charge in [-0.25, -0.2) is 0 Å². The van der Waals surface area contributed by atoms with E-state index in [0.717, 1.165) is 0 Å². The molecule has 1 rings (SSSR count). The lowest BCUT2D eigenvalue weighted by atomic mass is 10.3. The number of halogens is 3. The van der Waals surface area contributed by atoms with Gasteiger partial charge >= 0.3 is 5.97 Å². The average Bonchev–Trinajstić information content (AvgIpc) is 2.09. The number of hydrogen-bond donors (Lipinski definition) is 0. The molecule has 0 N–H and O–H groups in total. The molecule has 0 aliphatic heterocycles. The van der Waals surface area contributed by atoms with Crippen molar-refractivity contribution in [3.8, 4) is 5.75 Å². The van der Waals surface area contributed by atoms with Crippen LogP contribution >= 0.6 is 34.8 Å². The molecular weight excluding hydrogens is 234 g/mol. The van der Waals surface area contributed by atoms with E-state index in [-0.39, 0.29) is 16.7 Å². The molecule has 70 valence electrons. The van der Waals surface area contributed by atoms with Gasteiger partial charge in [0.05, 0.1) is 5.02 Å². The highest BCUT2D eigenvalue weighted by Crippen LogP contribution is 2.27. The van der Waals surface area contributed by atoms with E-state index in [2.05, 4.69) is 0 Å². The first-order valence-corrected chi connectivity index (χ1v) is 4.64. The predicted octanol–water partition coefficient (Wildman–Crippen LogP) is 3.14. The second-order valence-corrected chi connectivity index (χ2v) is 3.29. The van der Waals surface area contributed by atoms with E-state index in [1.165, 1.54) is 12.1 Å². The summed E-state index contributed by atoms with van der Waals surface area (Å²) in [5.41, 5.74) is 0. The van der Waals surface area contributed by atoms with Crippen LogP contribution < -0.4 is 4.74 Å². The SMILES string of the molecule is O=C(CCl)Oc1ccc(Cl)cc1Cl. The molecule has 0 saturated heterocycles. The molecule has 0 aromatic heterocycles. The van der Waals surface area contributed by atoms with Crippen LogP contribution in [0.3, 0.4) is 0 Å². The maximum absolute atomic E-state index is 10.8. The highest BCUT2D eigenvalue weighted by molar-refractivity contribution is 6.35. The number of esters is 1. The first-order valence-electron chi connectivity index (χ1n) is 3.35. The summed E-state index contributed by atoms with van der Waals surface area (Å²) in [6.45, 7) is 0. The molecule has 0 bridgehead atoms. The van der Waals surface area contributed by atoms with Crippen LogP contribution in [0.1, 0.15) is 0 Å². The van der Waals surface area contributed by atoms with Crippen molar-refractivity contribution in [2.24, 2.45) is 0 Å². The first kappa shape index (κ1) is 10.6. The van der Waals surface area contributed by atoms with Crippen LogP contribution in [0.5, 0.6) is 5.75 Å². The Balaban J connectivity index is 2.83. The number of benzene rings is 1. The summed E-state index contributed by atoms with van der Waals surface area (Å²) in [7, 11) is 0. The minimum absolute atomic E-state index is 0.209. The number of carbonyl (C=O) groups is 1. The Hall–Kier alpha value is -0.440. The molecule has 0 fully saturated rings. The molecule has 0 aliphatic rings. The van der Waals surface area contributed by atoms with Gasteiger partial charge in [0, 0.05) is 5.02 Å². The monoisotopic (exact) mass is 238 g/mol. The van der Waals surface area contributed by atoms with Gasteiger partial charge in [-0.2, -0.15) is 0 Å². The third-order valence-corrected chi connectivity index (χ3v) is 1.98. The molecule has 0 saturated carbocycles. The minimum atomic E-state index is -0.550. The van der Waals surface area contributed by atoms with Crippen LogP contribution in [0.4, 0.5) is 0 Å². The van der Waals surface area contributed by atoms with Crippen molar-refractivity contribution in [1.82, 2.24) is 0 Å². The smallest absolute Gasteiger partial charge is 0.326 e. The molecule has 13 heavy (non-hydrogen) atoms. The third-order valence-electron chi connectivity index (χ3n) is 1.23. The summed E-state index contributed by atoms with van der Waals surface area (Å²) >= 11 is 16.6. The largest absolute Gasteiger partial charge is 0.424 e. The molecule has 0 heterocycles. The van der Waals surface area contributed by atoms with E-state index in [9.17, 15) is 4.79 Å². The van der Waals surface area contributed by atoms with Gasteiger partial charge in [0.15, 0.2) is 0 Å². The minimum Gasteiger partial charge on any atom is -0.424 e. The lowest BCUT2D eigenvalue weighted by Crippen LogP contribution is -2.08. The number of carbonyl (C=O) groups excluding carboxylic acids is 1. The summed E-state index contributed by atoms with van der Waals surface area (Å²) in [4.78, 5) is 10.8. The van der Waals surface area contributed by atoms with E-state index < -0.39 is 5.97 Å². The summed E-state index contributed by atoms with van der Waals surface area (Å²) in [6.07, 6.45) is 0. The zero-order valence-electron chi connectivity index (χ0n) is 6.39. The fraction of sp³-hybridized carbons (Fsp3) is 0.125. The van der Waals surface area contributed by atoms with Crippen molar-refractivity contribution in [3.63, 3.8) is 0 Å². The zero-order valence-corrected chi connectivity index (χ0v) is 8.66. The van der Waals surface area contributed by atoms with Crippen molar-refractivity contribution >= 4 is 40.8 Å². The Labute approximate surface area is 90.3 Å². The molecule has 0 spiro atoms. The average molecular weight is 239 g/mol. The van der Waals surface area contributed by atoms with Gasteiger partial charge in [-0.3, -0.25) is 4.79 Å². The summed E-state index contributed by atoms with van der Waals surface area (Å²) in [5, 5.41) is 0.765. The van der Waals surface area contributed by atoms with Gasteiger partial charge in [0.1, 0.15) is 11.6 Å². The van der Waals surface area contributed by atoms with Gasteiger partial charge in [0.25, 0.3) is 0 Å². The highest BCUT2D eigenvalue weighted by atomic mass is 35.5. The number of ether oxygens (including phenoxy) is 1. The number of alkyl halides is 1. The summed E-state index contributed by atoms with van der Waals surface area (Å²) < 4.78 is 4.79. The van der Waals surface area contributed by atoms with Crippen LogP contribution in [-0.4, -0.2) is 11.8 Å². The van der Waals surface area contributed by atoms with Gasteiger partial charge < -0.3 is 4.74 Å². The topological polar surface area (TPSA) is 26.3 Å². The van der Waals surface area contributed by atoms with E-state index in [0.29, 0.717) is 5.02 Å². The Morgan fingerprint density at radius 3 is 2.62 bits per heavy atom. The molecule has 2 nitrogen and oxygen atoms in total. The van der Waals surface area contributed by atoms with E-state index in [1.54, 1.807) is 6.07 Å². The zero-order chi connectivity index (χ0) is 9.84. The van der Waals surface area contributed by atoms with E-state index in [1.807, 2.05) is 0 Å². The number of hydrogen-bond acceptors (Lipinski definition) is 2. The van der Waals surface area contributed by atoms with Crippen molar-refractivity contribution in [2.45, 2.75) is 0 Å². The predicted molar refractivity (Wildman–Crippen MR) is 52.8 cm³/mol. The van der Waals surface area contributed by atoms with Gasteiger partial charge in [-0.1, -0.05) is 23.2 Å². The van der Waals surface area contributed by atoms with E-state index in [4.69, 9.17) is 39.5 Å². The summed E-state index contributed by atoms with van der Waals surface area (Å²) in [5.74, 6) is -0.499. The van der Waals surface area contributed by atoms with Crippen LogP contribution in [0.15, 0.2) is 18.2 Å². The van der Waals surface area contributed by atoms with Crippen molar-refractivity contribution in [2.75, 3.05) is 5.88 Å². The Morgan fingerprint density at radius 2 is 2.08 bits per heavy atom. The molecule has 1 aromatic carbocycles. The van der Waals surface area contributed by atoms with Crippen LogP contribution in [0, 0.1) is 0 Å². The second-order valence-electron chi connectivity index (χ2n) is 2.18. The Bertz CT molecular complexity index is 325. The molecular formula is C8H5Cl3O2. The molecule has 0 radical (unpaired) electrons. The Morgan fingerprint density at radius 1 is 1.38 bits per heavy atom. The third kappa shape index (κ3) is 3.07. The van der Waals surface area contributed by atoms with Crippen molar-refractivity contribution in [3.05, 3.63) is 28.2 Å². The molecule has 1 aromatic rings. The second kappa shape index (κ2) is 4.70. The quantitative estimate of drug-likeness (QED) is 0.450. The summed E-state index contributed by atoms with van der Waals surface area (Å²) in [6, 6.07) is 4.57. The Kier molecular flexibility index (Phi) is 3.85. The van der Waals surface area contributed by atoms with Gasteiger partial charge in [0.2, 0.25) is 0 Å². The fourth-order valence-electron chi connectivity index (χ4n) is 0.708. The van der Waals surface area contributed by atoms with Crippen LogP contribution in [0.2, 0.25) is 10.0 Å².